The van der Waals surface area contributed by atoms with Crippen LogP contribution in [0.5, 0.6) is 5.75 Å². The van der Waals surface area contributed by atoms with Gasteiger partial charge in [0.2, 0.25) is 0 Å². The van der Waals surface area contributed by atoms with Crippen LogP contribution >= 0.6 is 10.7 Å². The molecule has 0 aliphatic carbocycles. The van der Waals surface area contributed by atoms with Gasteiger partial charge in [0.15, 0.2) is 0 Å². The van der Waals surface area contributed by atoms with Crippen molar-refractivity contribution in [2.45, 2.75) is 18.4 Å². The molecule has 0 unspecified atom stereocenters. The second-order valence-corrected chi connectivity index (χ2v) is 7.03. The number of hydrogen-bond acceptors (Lipinski definition) is 4. The average Bonchev–Trinajstić information content (AvgIpc) is 2.45. The van der Waals surface area contributed by atoms with E-state index >= 15 is 0 Å². The minimum Gasteiger partial charge on any atom is -0.489 e. The SMILES string of the molecule is Cc1cc(S(=O)(=O)Cl)ccc1OCc1ccc(C#N)cc1. The Labute approximate surface area is 128 Å². The Hall–Kier alpha value is -2.03. The van der Waals surface area contributed by atoms with Gasteiger partial charge in [-0.2, -0.15) is 5.26 Å². The molecule has 0 heterocycles. The molecule has 2 rings (SSSR count). The van der Waals surface area contributed by atoms with Crippen LogP contribution in [0, 0.1) is 18.3 Å². The molecule has 0 fully saturated rings. The molecule has 2 aromatic carbocycles. The predicted molar refractivity (Wildman–Crippen MR) is 79.7 cm³/mol. The van der Waals surface area contributed by atoms with Crippen LogP contribution in [0.3, 0.4) is 0 Å². The van der Waals surface area contributed by atoms with Crippen molar-refractivity contribution in [3.05, 3.63) is 59.2 Å². The molecule has 0 atom stereocenters. The van der Waals surface area contributed by atoms with Gasteiger partial charge < -0.3 is 4.74 Å². The fourth-order valence-electron chi connectivity index (χ4n) is 1.77. The molecule has 0 radical (unpaired) electrons. The van der Waals surface area contributed by atoms with E-state index in [4.69, 9.17) is 20.7 Å². The monoisotopic (exact) mass is 321 g/mol. The molecule has 2 aromatic rings. The summed E-state index contributed by atoms with van der Waals surface area (Å²) in [6.45, 7) is 2.08. The van der Waals surface area contributed by atoms with Gasteiger partial charge in [-0.3, -0.25) is 0 Å². The fraction of sp³-hybridized carbons (Fsp3) is 0.133. The molecule has 108 valence electrons. The molecular weight excluding hydrogens is 310 g/mol. The smallest absolute Gasteiger partial charge is 0.261 e. The van der Waals surface area contributed by atoms with E-state index in [0.717, 1.165) is 5.56 Å². The van der Waals surface area contributed by atoms with Crippen molar-refractivity contribution in [1.82, 2.24) is 0 Å². The zero-order valence-electron chi connectivity index (χ0n) is 11.2. The highest BCUT2D eigenvalue weighted by Crippen LogP contribution is 2.24. The van der Waals surface area contributed by atoms with E-state index in [1.807, 2.05) is 18.2 Å². The topological polar surface area (TPSA) is 67.2 Å². The van der Waals surface area contributed by atoms with Gasteiger partial charge >= 0.3 is 0 Å². The first-order valence-electron chi connectivity index (χ1n) is 6.07. The molecule has 0 saturated carbocycles. The van der Waals surface area contributed by atoms with Gasteiger partial charge in [-0.05, 0) is 48.4 Å². The summed E-state index contributed by atoms with van der Waals surface area (Å²) in [7, 11) is 1.56. The van der Waals surface area contributed by atoms with E-state index in [-0.39, 0.29) is 4.90 Å². The lowest BCUT2D eigenvalue weighted by Gasteiger charge is -2.10. The van der Waals surface area contributed by atoms with Gasteiger partial charge in [0.1, 0.15) is 12.4 Å². The molecule has 0 amide bonds. The van der Waals surface area contributed by atoms with Gasteiger partial charge in [0, 0.05) is 10.7 Å². The summed E-state index contributed by atoms with van der Waals surface area (Å²) in [4.78, 5) is 0.0485. The van der Waals surface area contributed by atoms with Crippen molar-refractivity contribution in [3.8, 4) is 11.8 Å². The number of nitrogens with zero attached hydrogens (tertiary/aromatic N) is 1. The van der Waals surface area contributed by atoms with Crippen molar-refractivity contribution in [3.63, 3.8) is 0 Å². The highest BCUT2D eigenvalue weighted by atomic mass is 35.7. The summed E-state index contributed by atoms with van der Waals surface area (Å²) >= 11 is 0. The summed E-state index contributed by atoms with van der Waals surface area (Å²) in [5.41, 5.74) is 2.19. The third-order valence-electron chi connectivity index (χ3n) is 2.91. The van der Waals surface area contributed by atoms with Crippen LogP contribution in [-0.4, -0.2) is 8.42 Å². The Morgan fingerprint density at radius 3 is 2.38 bits per heavy atom. The lowest BCUT2D eigenvalue weighted by molar-refractivity contribution is 0.304. The molecule has 6 heteroatoms. The maximum atomic E-state index is 11.2. The second-order valence-electron chi connectivity index (χ2n) is 4.46. The molecule has 0 aliphatic rings. The minimum absolute atomic E-state index is 0.0485. The number of hydrogen-bond donors (Lipinski definition) is 0. The van der Waals surface area contributed by atoms with Crippen molar-refractivity contribution in [2.75, 3.05) is 0 Å². The molecule has 0 saturated heterocycles. The first-order chi connectivity index (χ1) is 9.90. The van der Waals surface area contributed by atoms with E-state index in [0.29, 0.717) is 23.5 Å². The van der Waals surface area contributed by atoms with Gasteiger partial charge in [0.05, 0.1) is 16.5 Å². The Morgan fingerprint density at radius 1 is 1.19 bits per heavy atom. The minimum atomic E-state index is -3.73. The van der Waals surface area contributed by atoms with Crippen LogP contribution in [0.25, 0.3) is 0 Å². The first-order valence-corrected chi connectivity index (χ1v) is 8.38. The van der Waals surface area contributed by atoms with Gasteiger partial charge in [0.25, 0.3) is 9.05 Å². The first kappa shape index (κ1) is 15.4. The Bertz CT molecular complexity index is 793. The van der Waals surface area contributed by atoms with Crippen molar-refractivity contribution >= 4 is 19.7 Å². The van der Waals surface area contributed by atoms with E-state index in [9.17, 15) is 8.42 Å². The van der Waals surface area contributed by atoms with Crippen molar-refractivity contribution < 1.29 is 13.2 Å². The van der Waals surface area contributed by atoms with Gasteiger partial charge in [-0.1, -0.05) is 12.1 Å². The van der Waals surface area contributed by atoms with Crippen molar-refractivity contribution in [1.29, 1.82) is 5.26 Å². The summed E-state index contributed by atoms with van der Waals surface area (Å²) in [6, 6.07) is 13.6. The molecule has 0 spiro atoms. The quantitative estimate of drug-likeness (QED) is 0.810. The molecule has 21 heavy (non-hydrogen) atoms. The van der Waals surface area contributed by atoms with E-state index in [1.54, 1.807) is 25.1 Å². The number of ether oxygens (including phenoxy) is 1. The summed E-state index contributed by atoms with van der Waals surface area (Å²) in [5, 5.41) is 8.72. The van der Waals surface area contributed by atoms with Gasteiger partial charge in [-0.25, -0.2) is 8.42 Å². The maximum absolute atomic E-state index is 11.2. The lowest BCUT2D eigenvalue weighted by atomic mass is 10.1. The Morgan fingerprint density at radius 2 is 1.86 bits per heavy atom. The highest BCUT2D eigenvalue weighted by Gasteiger charge is 2.11. The Balaban J connectivity index is 2.11. The van der Waals surface area contributed by atoms with Crippen LogP contribution < -0.4 is 4.74 Å². The number of nitriles is 1. The molecule has 4 nitrogen and oxygen atoms in total. The highest BCUT2D eigenvalue weighted by molar-refractivity contribution is 8.13. The lowest BCUT2D eigenvalue weighted by Crippen LogP contribution is -1.98. The summed E-state index contributed by atoms with van der Waals surface area (Å²) in [6.07, 6.45) is 0. The second kappa shape index (κ2) is 6.17. The van der Waals surface area contributed by atoms with Crippen LogP contribution in [0.4, 0.5) is 0 Å². The van der Waals surface area contributed by atoms with Crippen molar-refractivity contribution in [2.24, 2.45) is 0 Å². The van der Waals surface area contributed by atoms with E-state index in [1.165, 1.54) is 12.1 Å². The zero-order valence-corrected chi connectivity index (χ0v) is 12.8. The fourth-order valence-corrected chi connectivity index (χ4v) is 2.61. The molecule has 0 N–H and O–H groups in total. The standard InChI is InChI=1S/C15H12ClNO3S/c1-11-8-14(21(16,18)19)6-7-15(11)20-10-13-4-2-12(9-17)3-5-13/h2-8H,10H2,1H3. The van der Waals surface area contributed by atoms with Crippen LogP contribution in [0.2, 0.25) is 0 Å². The molecule has 0 bridgehead atoms. The summed E-state index contributed by atoms with van der Waals surface area (Å²) < 4.78 is 28.1. The number of benzene rings is 2. The normalized spacial score (nSPS) is 10.9. The van der Waals surface area contributed by atoms with Crippen LogP contribution in [0.1, 0.15) is 16.7 Å². The van der Waals surface area contributed by atoms with Crippen LogP contribution in [0.15, 0.2) is 47.4 Å². The molecular formula is C15H12ClNO3S. The zero-order chi connectivity index (χ0) is 15.5. The maximum Gasteiger partial charge on any atom is 0.261 e. The average molecular weight is 322 g/mol. The third kappa shape index (κ3) is 3.97. The predicted octanol–water partition coefficient (Wildman–Crippen LogP) is 3.37. The van der Waals surface area contributed by atoms with Gasteiger partial charge in [-0.15, -0.1) is 0 Å². The third-order valence-corrected chi connectivity index (χ3v) is 4.26. The molecule has 0 aromatic heterocycles. The number of halogens is 1. The number of aryl methyl sites for hydroxylation is 1. The van der Waals surface area contributed by atoms with E-state index < -0.39 is 9.05 Å². The molecule has 0 aliphatic heterocycles. The van der Waals surface area contributed by atoms with E-state index in [2.05, 4.69) is 0 Å². The Kier molecular flexibility index (Phi) is 4.51. The largest absolute Gasteiger partial charge is 0.489 e. The number of rotatable bonds is 4. The van der Waals surface area contributed by atoms with Crippen LogP contribution in [-0.2, 0) is 15.7 Å². The summed E-state index contributed by atoms with van der Waals surface area (Å²) in [5.74, 6) is 0.587.